The summed E-state index contributed by atoms with van der Waals surface area (Å²) < 4.78 is 5.13. The van der Waals surface area contributed by atoms with Crippen molar-refractivity contribution >= 4 is 17.2 Å². The molecule has 1 unspecified atom stereocenters. The number of methoxy groups -OCH3 is 1. The second kappa shape index (κ2) is 7.25. The minimum atomic E-state index is -0.222. The molecule has 0 aliphatic carbocycles. The first-order valence-corrected chi connectivity index (χ1v) is 6.93. The highest BCUT2D eigenvalue weighted by atomic mass is 32.1. The number of hydrogen-bond donors (Lipinski definition) is 1. The molecule has 0 saturated heterocycles. The van der Waals surface area contributed by atoms with Crippen LogP contribution in [0.1, 0.15) is 23.2 Å². The van der Waals surface area contributed by atoms with Crippen molar-refractivity contribution in [1.29, 1.82) is 0 Å². The summed E-state index contributed by atoms with van der Waals surface area (Å²) in [5.41, 5.74) is 0. The smallest absolute Gasteiger partial charge is 0.246 e. The van der Waals surface area contributed by atoms with Crippen LogP contribution in [0, 0.1) is 6.92 Å². The first kappa shape index (κ1) is 15.7. The predicted molar refractivity (Wildman–Crippen MR) is 75.3 cm³/mol. The van der Waals surface area contributed by atoms with E-state index in [4.69, 9.17) is 4.74 Å². The second-order valence-electron chi connectivity index (χ2n) is 4.09. The van der Waals surface area contributed by atoms with Crippen LogP contribution in [0.15, 0.2) is 12.7 Å². The molecule has 0 radical (unpaired) electrons. The number of nitrogens with zero attached hydrogens (tertiary/aromatic N) is 2. The lowest BCUT2D eigenvalue weighted by atomic mass is 10.2. The summed E-state index contributed by atoms with van der Waals surface area (Å²) in [6.07, 6.45) is 1.94. The van der Waals surface area contributed by atoms with Crippen LogP contribution < -0.4 is 4.74 Å². The predicted octanol–water partition coefficient (Wildman–Crippen LogP) is 1.75. The number of carbonyl (C=O) groups is 1. The number of ether oxygens (including phenoxy) is 1. The Morgan fingerprint density at radius 1 is 1.68 bits per heavy atom. The van der Waals surface area contributed by atoms with Crippen molar-refractivity contribution in [3.05, 3.63) is 22.5 Å². The monoisotopic (exact) mass is 284 g/mol. The lowest BCUT2D eigenvalue weighted by Gasteiger charge is -2.28. The second-order valence-corrected chi connectivity index (χ2v) is 5.38. The molecule has 1 atom stereocenters. The molecule has 0 fully saturated rings. The Labute approximate surface area is 117 Å². The Balaban J connectivity index is 2.92. The Hall–Kier alpha value is -1.40. The number of carbonyl (C=O) groups excluding carboxylic acids is 1. The molecule has 6 heteroatoms. The fraction of sp³-hybridized carbons (Fsp3) is 0.538. The minimum Gasteiger partial charge on any atom is -0.480 e. The van der Waals surface area contributed by atoms with E-state index in [1.807, 2.05) is 13.8 Å². The molecular formula is C13H20N2O3S. The SMILES string of the molecule is C=CC(=O)N(Cc1nc(OC)c(C)s1)C(CC)CO. The van der Waals surface area contributed by atoms with Gasteiger partial charge in [-0.15, -0.1) is 11.3 Å². The highest BCUT2D eigenvalue weighted by molar-refractivity contribution is 7.11. The number of aliphatic hydroxyl groups is 1. The van der Waals surface area contributed by atoms with Gasteiger partial charge in [0.1, 0.15) is 5.01 Å². The lowest BCUT2D eigenvalue weighted by Crippen LogP contribution is -2.40. The molecule has 0 aliphatic heterocycles. The quantitative estimate of drug-likeness (QED) is 0.775. The molecule has 5 nitrogen and oxygen atoms in total. The van der Waals surface area contributed by atoms with Crippen LogP contribution in [0.4, 0.5) is 0 Å². The van der Waals surface area contributed by atoms with Gasteiger partial charge in [-0.25, -0.2) is 4.98 Å². The van der Waals surface area contributed by atoms with Crippen molar-refractivity contribution in [2.75, 3.05) is 13.7 Å². The van der Waals surface area contributed by atoms with Gasteiger partial charge in [0.05, 0.1) is 31.2 Å². The minimum absolute atomic E-state index is 0.0719. The first-order chi connectivity index (χ1) is 9.07. The molecule has 1 aromatic rings. The fourth-order valence-electron chi connectivity index (χ4n) is 1.79. The van der Waals surface area contributed by atoms with Crippen molar-refractivity contribution in [3.63, 3.8) is 0 Å². The normalized spacial score (nSPS) is 12.0. The molecule has 0 spiro atoms. The standard InChI is InChI=1S/C13H20N2O3S/c1-5-10(8-16)15(12(17)6-2)7-11-14-13(18-4)9(3)19-11/h6,10,16H,2,5,7-8H2,1,3-4H3. The van der Waals surface area contributed by atoms with Gasteiger partial charge in [-0.05, 0) is 19.4 Å². The van der Waals surface area contributed by atoms with E-state index in [0.29, 0.717) is 18.8 Å². The van der Waals surface area contributed by atoms with Crippen molar-refractivity contribution in [3.8, 4) is 5.88 Å². The van der Waals surface area contributed by atoms with E-state index in [-0.39, 0.29) is 18.6 Å². The first-order valence-electron chi connectivity index (χ1n) is 6.11. The summed E-state index contributed by atoms with van der Waals surface area (Å²) in [6.45, 7) is 7.63. The topological polar surface area (TPSA) is 62.7 Å². The van der Waals surface area contributed by atoms with E-state index in [9.17, 15) is 9.90 Å². The van der Waals surface area contributed by atoms with E-state index in [1.54, 1.807) is 12.0 Å². The molecule has 1 N–H and O–H groups in total. The highest BCUT2D eigenvalue weighted by Gasteiger charge is 2.22. The third kappa shape index (κ3) is 3.78. The molecule has 0 saturated carbocycles. The van der Waals surface area contributed by atoms with Gasteiger partial charge in [-0.1, -0.05) is 13.5 Å². The molecule has 1 amide bonds. The Morgan fingerprint density at radius 2 is 2.37 bits per heavy atom. The van der Waals surface area contributed by atoms with Gasteiger partial charge in [-0.2, -0.15) is 0 Å². The Kier molecular flexibility index (Phi) is 5.98. The van der Waals surface area contributed by atoms with Gasteiger partial charge in [-0.3, -0.25) is 4.79 Å². The van der Waals surface area contributed by atoms with Gasteiger partial charge in [0.15, 0.2) is 0 Å². The van der Waals surface area contributed by atoms with E-state index in [1.165, 1.54) is 17.4 Å². The van der Waals surface area contributed by atoms with Crippen LogP contribution in [0.5, 0.6) is 5.88 Å². The van der Waals surface area contributed by atoms with Crippen molar-refractivity contribution in [1.82, 2.24) is 9.88 Å². The van der Waals surface area contributed by atoms with Crippen LogP contribution >= 0.6 is 11.3 Å². The number of rotatable bonds is 7. The van der Waals surface area contributed by atoms with E-state index < -0.39 is 0 Å². The Bertz CT molecular complexity index is 441. The molecule has 1 rings (SSSR count). The van der Waals surface area contributed by atoms with Crippen molar-refractivity contribution in [2.45, 2.75) is 32.9 Å². The summed E-state index contributed by atoms with van der Waals surface area (Å²) in [4.78, 5) is 18.8. The molecule has 0 aliphatic rings. The maximum Gasteiger partial charge on any atom is 0.246 e. The van der Waals surface area contributed by atoms with Crippen LogP contribution in [-0.4, -0.2) is 40.7 Å². The lowest BCUT2D eigenvalue weighted by molar-refractivity contribution is -0.130. The van der Waals surface area contributed by atoms with E-state index in [2.05, 4.69) is 11.6 Å². The zero-order valence-electron chi connectivity index (χ0n) is 11.5. The highest BCUT2D eigenvalue weighted by Crippen LogP contribution is 2.25. The summed E-state index contributed by atoms with van der Waals surface area (Å²) in [7, 11) is 1.57. The maximum atomic E-state index is 11.9. The summed E-state index contributed by atoms with van der Waals surface area (Å²) in [5, 5.41) is 10.1. The summed E-state index contributed by atoms with van der Waals surface area (Å²) >= 11 is 1.49. The maximum absolute atomic E-state index is 11.9. The van der Waals surface area contributed by atoms with Crippen LogP contribution in [0.2, 0.25) is 0 Å². The molecule has 19 heavy (non-hydrogen) atoms. The van der Waals surface area contributed by atoms with Gasteiger partial charge in [0, 0.05) is 0 Å². The summed E-state index contributed by atoms with van der Waals surface area (Å²) in [6, 6.07) is -0.222. The fourth-order valence-corrected chi connectivity index (χ4v) is 2.69. The average Bonchev–Trinajstić information content (AvgIpc) is 2.78. The number of hydrogen-bond acceptors (Lipinski definition) is 5. The molecule has 106 valence electrons. The van der Waals surface area contributed by atoms with Crippen LogP contribution in [-0.2, 0) is 11.3 Å². The van der Waals surface area contributed by atoms with Gasteiger partial charge in [0.2, 0.25) is 11.8 Å². The van der Waals surface area contributed by atoms with E-state index >= 15 is 0 Å². The zero-order chi connectivity index (χ0) is 14.4. The molecule has 1 heterocycles. The number of amides is 1. The van der Waals surface area contributed by atoms with Crippen LogP contribution in [0.25, 0.3) is 0 Å². The third-order valence-electron chi connectivity index (χ3n) is 2.88. The van der Waals surface area contributed by atoms with E-state index in [0.717, 1.165) is 9.88 Å². The number of aryl methyl sites for hydroxylation is 1. The van der Waals surface area contributed by atoms with Crippen LogP contribution in [0.3, 0.4) is 0 Å². The number of aliphatic hydroxyl groups excluding tert-OH is 1. The summed E-state index contributed by atoms with van der Waals surface area (Å²) in [5.74, 6) is 0.385. The molecule has 0 aromatic carbocycles. The third-order valence-corrected chi connectivity index (χ3v) is 3.81. The van der Waals surface area contributed by atoms with Gasteiger partial charge < -0.3 is 14.7 Å². The Morgan fingerprint density at radius 3 is 2.79 bits per heavy atom. The zero-order valence-corrected chi connectivity index (χ0v) is 12.4. The molecular weight excluding hydrogens is 264 g/mol. The largest absolute Gasteiger partial charge is 0.480 e. The number of aromatic nitrogens is 1. The average molecular weight is 284 g/mol. The number of thiazole rings is 1. The van der Waals surface area contributed by atoms with Gasteiger partial charge >= 0.3 is 0 Å². The van der Waals surface area contributed by atoms with Crippen molar-refractivity contribution in [2.24, 2.45) is 0 Å². The van der Waals surface area contributed by atoms with Crippen molar-refractivity contribution < 1.29 is 14.6 Å². The molecule has 0 bridgehead atoms. The van der Waals surface area contributed by atoms with Gasteiger partial charge in [0.25, 0.3) is 0 Å². The molecule has 1 aromatic heterocycles.